The largest absolute Gasteiger partial charge is 0.444 e. The van der Waals surface area contributed by atoms with E-state index in [1.165, 1.54) is 10.7 Å². The topological polar surface area (TPSA) is 109 Å². The fraction of sp³-hybridized carbons (Fsp3) is 0.500. The second-order valence-corrected chi connectivity index (χ2v) is 5.87. The summed E-state index contributed by atoms with van der Waals surface area (Å²) in [6.07, 6.45) is -0.121. The predicted octanol–water partition coefficient (Wildman–Crippen LogP) is 0.648. The molecule has 0 spiro atoms. The highest BCUT2D eigenvalue weighted by molar-refractivity contribution is 5.67. The van der Waals surface area contributed by atoms with Crippen molar-refractivity contribution >= 4 is 11.7 Å². The fourth-order valence-electron chi connectivity index (χ4n) is 1.86. The molecule has 2 heterocycles. The van der Waals surface area contributed by atoms with Crippen LogP contribution in [0.25, 0.3) is 5.65 Å². The van der Waals surface area contributed by atoms with Crippen molar-refractivity contribution in [3.05, 3.63) is 30.2 Å². The average molecular weight is 308 g/mol. The van der Waals surface area contributed by atoms with Crippen LogP contribution in [0.4, 0.5) is 4.79 Å². The van der Waals surface area contributed by atoms with Gasteiger partial charge in [-0.2, -0.15) is 5.10 Å². The normalized spacial score (nSPS) is 14.6. The smallest absolute Gasteiger partial charge is 0.407 e. The molecule has 120 valence electrons. The molecule has 0 aliphatic rings. The lowest BCUT2D eigenvalue weighted by Gasteiger charge is -2.21. The lowest BCUT2D eigenvalue weighted by Crippen LogP contribution is -2.39. The first kappa shape index (κ1) is 16.2. The Morgan fingerprint density at radius 2 is 2.18 bits per heavy atom. The third-order valence-corrected chi connectivity index (χ3v) is 2.83. The Morgan fingerprint density at radius 3 is 2.86 bits per heavy atom. The van der Waals surface area contributed by atoms with Gasteiger partial charge in [-0.25, -0.2) is 14.3 Å². The lowest BCUT2D eigenvalue weighted by molar-refractivity contribution is 0.0100. The molecule has 8 nitrogen and oxygen atoms in total. The number of carbonyl (C=O) groups is 1. The number of carbonyl (C=O) groups excluding carboxylic acids is 1. The number of imidazole rings is 1. The monoisotopic (exact) mass is 308 g/mol. The molecule has 2 rings (SSSR count). The van der Waals surface area contributed by atoms with Gasteiger partial charge in [0.15, 0.2) is 5.65 Å². The molecule has 0 fully saturated rings. The first-order chi connectivity index (χ1) is 10.3. The third-order valence-electron chi connectivity index (χ3n) is 2.83. The van der Waals surface area contributed by atoms with Crippen molar-refractivity contribution in [3.8, 4) is 0 Å². The summed E-state index contributed by atoms with van der Waals surface area (Å²) < 4.78 is 6.49. The quantitative estimate of drug-likeness (QED) is 0.765. The minimum atomic E-state index is -1.24. The van der Waals surface area contributed by atoms with Crippen LogP contribution in [-0.2, 0) is 4.74 Å². The maximum Gasteiger partial charge on any atom is 0.407 e. The first-order valence-electron chi connectivity index (χ1n) is 6.89. The van der Waals surface area contributed by atoms with Gasteiger partial charge in [0.1, 0.15) is 17.8 Å². The van der Waals surface area contributed by atoms with Crippen molar-refractivity contribution in [3.63, 3.8) is 0 Å². The maximum absolute atomic E-state index is 11.5. The van der Waals surface area contributed by atoms with Crippen molar-refractivity contribution in [1.29, 1.82) is 0 Å². The van der Waals surface area contributed by atoms with E-state index in [-0.39, 0.29) is 6.54 Å². The molecule has 2 unspecified atom stereocenters. The third kappa shape index (κ3) is 3.92. The van der Waals surface area contributed by atoms with Crippen molar-refractivity contribution in [2.24, 2.45) is 0 Å². The van der Waals surface area contributed by atoms with E-state index in [4.69, 9.17) is 4.74 Å². The molecular weight excluding hydrogens is 288 g/mol. The van der Waals surface area contributed by atoms with E-state index in [2.05, 4.69) is 15.4 Å². The second kappa shape index (κ2) is 6.29. The van der Waals surface area contributed by atoms with E-state index in [0.29, 0.717) is 11.3 Å². The summed E-state index contributed by atoms with van der Waals surface area (Å²) in [6, 6.07) is 3.45. The number of rotatable bonds is 4. The van der Waals surface area contributed by atoms with Gasteiger partial charge in [-0.05, 0) is 32.9 Å². The molecule has 3 N–H and O–H groups in total. The molecule has 2 aromatic heterocycles. The highest BCUT2D eigenvalue weighted by Gasteiger charge is 2.24. The summed E-state index contributed by atoms with van der Waals surface area (Å²) >= 11 is 0. The summed E-state index contributed by atoms with van der Waals surface area (Å²) in [6.45, 7) is 5.06. The standard InChI is InChI=1S/C14H20N4O4/c1-14(2,3)22-13(21)16-8-10(19)12(20)9-7-15-11-5-4-6-17-18(9)11/h4-7,10,12,19-20H,8H2,1-3H3,(H,16,21). The van der Waals surface area contributed by atoms with Gasteiger partial charge in [0, 0.05) is 12.7 Å². The van der Waals surface area contributed by atoms with Crippen LogP contribution in [0, 0.1) is 0 Å². The zero-order valence-electron chi connectivity index (χ0n) is 12.7. The van der Waals surface area contributed by atoms with Gasteiger partial charge in [-0.1, -0.05) is 0 Å². The zero-order valence-corrected chi connectivity index (χ0v) is 12.7. The number of hydrogen-bond acceptors (Lipinski definition) is 6. The molecule has 0 radical (unpaired) electrons. The summed E-state index contributed by atoms with van der Waals surface area (Å²) in [5, 5.41) is 26.7. The van der Waals surface area contributed by atoms with Crippen molar-refractivity contribution in [2.75, 3.05) is 6.54 Å². The van der Waals surface area contributed by atoms with Crippen molar-refractivity contribution in [1.82, 2.24) is 19.9 Å². The minimum Gasteiger partial charge on any atom is -0.444 e. The minimum absolute atomic E-state index is 0.157. The first-order valence-corrected chi connectivity index (χ1v) is 6.89. The van der Waals surface area contributed by atoms with E-state index in [9.17, 15) is 15.0 Å². The molecule has 2 atom stereocenters. The molecule has 8 heteroatoms. The van der Waals surface area contributed by atoms with E-state index in [1.54, 1.807) is 39.1 Å². The Bertz CT molecular complexity index is 650. The summed E-state index contributed by atoms with van der Waals surface area (Å²) in [5.41, 5.74) is 0.275. The van der Waals surface area contributed by atoms with Crippen LogP contribution >= 0.6 is 0 Å². The zero-order chi connectivity index (χ0) is 16.3. The van der Waals surface area contributed by atoms with Gasteiger partial charge >= 0.3 is 6.09 Å². The molecule has 1 amide bonds. The summed E-state index contributed by atoms with van der Waals surface area (Å²) in [5.74, 6) is 0. The van der Waals surface area contributed by atoms with Crippen LogP contribution in [0.15, 0.2) is 24.5 Å². The molecule has 0 saturated carbocycles. The average Bonchev–Trinajstić information content (AvgIpc) is 2.86. The number of alkyl carbamates (subject to hydrolysis) is 1. The van der Waals surface area contributed by atoms with Crippen LogP contribution < -0.4 is 5.32 Å². The predicted molar refractivity (Wildman–Crippen MR) is 78.2 cm³/mol. The number of amides is 1. The number of aliphatic hydroxyl groups excluding tert-OH is 2. The number of ether oxygens (including phenoxy) is 1. The van der Waals surface area contributed by atoms with E-state index in [0.717, 1.165) is 0 Å². The van der Waals surface area contributed by atoms with E-state index in [1.807, 2.05) is 0 Å². The number of aromatic nitrogens is 3. The lowest BCUT2D eigenvalue weighted by atomic mass is 10.1. The maximum atomic E-state index is 11.5. The van der Waals surface area contributed by atoms with Crippen LogP contribution in [0.3, 0.4) is 0 Å². The van der Waals surface area contributed by atoms with Gasteiger partial charge in [0.05, 0.1) is 11.9 Å². The van der Waals surface area contributed by atoms with Crippen LogP contribution in [-0.4, -0.2) is 49.2 Å². The van der Waals surface area contributed by atoms with Crippen molar-refractivity contribution in [2.45, 2.75) is 38.6 Å². The number of fused-ring (bicyclic) bond motifs is 1. The van der Waals surface area contributed by atoms with Gasteiger partial charge in [0.25, 0.3) is 0 Å². The highest BCUT2D eigenvalue weighted by atomic mass is 16.6. The van der Waals surface area contributed by atoms with Crippen LogP contribution in [0.2, 0.25) is 0 Å². The van der Waals surface area contributed by atoms with Crippen LogP contribution in [0.5, 0.6) is 0 Å². The molecule has 0 bridgehead atoms. The van der Waals surface area contributed by atoms with Crippen molar-refractivity contribution < 1.29 is 19.7 Å². The van der Waals surface area contributed by atoms with Crippen LogP contribution in [0.1, 0.15) is 32.6 Å². The molecule has 0 aliphatic heterocycles. The highest BCUT2D eigenvalue weighted by Crippen LogP contribution is 2.17. The number of aliphatic hydroxyl groups is 2. The molecule has 2 aromatic rings. The Hall–Kier alpha value is -2.19. The molecule has 0 aliphatic carbocycles. The fourth-order valence-corrected chi connectivity index (χ4v) is 1.86. The Morgan fingerprint density at radius 1 is 1.45 bits per heavy atom. The van der Waals surface area contributed by atoms with Gasteiger partial charge in [0.2, 0.25) is 0 Å². The summed E-state index contributed by atoms with van der Waals surface area (Å²) in [7, 11) is 0. The number of hydrogen-bond donors (Lipinski definition) is 3. The number of nitrogens with one attached hydrogen (secondary N) is 1. The van der Waals surface area contributed by atoms with Gasteiger partial charge in [-0.3, -0.25) is 0 Å². The SMILES string of the molecule is CC(C)(C)OC(=O)NCC(O)C(O)c1cnc2cccnn12. The molecule has 22 heavy (non-hydrogen) atoms. The summed E-state index contributed by atoms with van der Waals surface area (Å²) in [4.78, 5) is 15.6. The molecule has 0 saturated heterocycles. The Labute approximate surface area is 127 Å². The van der Waals surface area contributed by atoms with E-state index < -0.39 is 23.9 Å². The Balaban J connectivity index is 1.98. The van der Waals surface area contributed by atoms with E-state index >= 15 is 0 Å². The van der Waals surface area contributed by atoms with Gasteiger partial charge in [-0.15, -0.1) is 0 Å². The number of nitrogens with zero attached hydrogens (tertiary/aromatic N) is 3. The van der Waals surface area contributed by atoms with Gasteiger partial charge < -0.3 is 20.3 Å². The molecular formula is C14H20N4O4. The Kier molecular flexibility index (Phi) is 4.62. The second-order valence-electron chi connectivity index (χ2n) is 5.87. The molecule has 0 aromatic carbocycles.